The molecule has 2 aliphatic rings. The van der Waals surface area contributed by atoms with Gasteiger partial charge in [0, 0.05) is 25.2 Å². The number of aromatic hydroxyl groups is 1. The average molecular weight is 523 g/mol. The van der Waals surface area contributed by atoms with Gasteiger partial charge in [-0.3, -0.25) is 4.79 Å². The molecule has 0 saturated carbocycles. The zero-order chi connectivity index (χ0) is 25.0. The first-order valence-electron chi connectivity index (χ1n) is 12.8. The molecule has 2 saturated heterocycles. The number of phenolic OH excluding ortho intramolecular Hbond substituents is 1. The van der Waals surface area contributed by atoms with E-state index in [4.69, 9.17) is 5.73 Å². The number of amides is 1. The summed E-state index contributed by atoms with van der Waals surface area (Å²) in [6, 6.07) is 19.1. The van der Waals surface area contributed by atoms with Crippen molar-refractivity contribution in [2.24, 2.45) is 5.92 Å². The van der Waals surface area contributed by atoms with E-state index in [1.165, 1.54) is 0 Å². The third kappa shape index (κ3) is 5.65. The Kier molecular flexibility index (Phi) is 8.51. The second-order valence-corrected chi connectivity index (χ2v) is 9.86. The van der Waals surface area contributed by atoms with Crippen LogP contribution < -0.4 is 21.3 Å². The highest BCUT2D eigenvalue weighted by molar-refractivity contribution is 5.89. The van der Waals surface area contributed by atoms with Crippen molar-refractivity contribution < 1.29 is 9.90 Å². The number of hydrogen-bond acceptors (Lipinski definition) is 7. The molecule has 0 atom stereocenters. The van der Waals surface area contributed by atoms with Crippen molar-refractivity contribution in [2.75, 3.05) is 43.4 Å². The van der Waals surface area contributed by atoms with Crippen LogP contribution in [-0.2, 0) is 10.2 Å². The van der Waals surface area contributed by atoms with E-state index in [0.29, 0.717) is 48.9 Å². The number of benzene rings is 2. The maximum Gasteiger partial charge on any atom is 0.230 e. The molecule has 1 amide bonds. The lowest BCUT2D eigenvalue weighted by Gasteiger charge is -2.42. The number of halogens is 1. The second-order valence-electron chi connectivity index (χ2n) is 9.86. The maximum atomic E-state index is 13.7. The molecule has 196 valence electrons. The number of carbonyl (C=O) groups is 1. The van der Waals surface area contributed by atoms with Gasteiger partial charge in [-0.05, 0) is 68.5 Å². The minimum Gasteiger partial charge on any atom is -0.507 e. The van der Waals surface area contributed by atoms with Crippen LogP contribution in [-0.4, -0.2) is 53.9 Å². The van der Waals surface area contributed by atoms with Crippen molar-refractivity contribution in [3.8, 4) is 17.0 Å². The third-order valence-corrected chi connectivity index (χ3v) is 7.71. The molecule has 3 aromatic rings. The number of nitrogen functional groups attached to an aromatic ring is 1. The molecule has 0 unspecified atom stereocenters. The number of carbonyl (C=O) groups excluding carboxylic acids is 1. The van der Waals surface area contributed by atoms with Crippen molar-refractivity contribution >= 4 is 29.8 Å². The first-order valence-corrected chi connectivity index (χ1v) is 12.8. The van der Waals surface area contributed by atoms with E-state index in [1.54, 1.807) is 12.1 Å². The van der Waals surface area contributed by atoms with Gasteiger partial charge in [0.05, 0.1) is 16.8 Å². The van der Waals surface area contributed by atoms with Crippen LogP contribution in [0.3, 0.4) is 0 Å². The number of aromatic nitrogens is 2. The fourth-order valence-electron chi connectivity index (χ4n) is 5.49. The lowest BCUT2D eigenvalue weighted by molar-refractivity contribution is -0.127. The van der Waals surface area contributed by atoms with Gasteiger partial charge in [-0.15, -0.1) is 22.6 Å². The van der Waals surface area contributed by atoms with Crippen LogP contribution in [0.1, 0.15) is 31.2 Å². The molecule has 0 radical (unpaired) electrons. The molecule has 3 heterocycles. The molecule has 0 aliphatic carbocycles. The predicted octanol–water partition coefficient (Wildman–Crippen LogP) is 3.51. The number of phenols is 1. The van der Waals surface area contributed by atoms with Crippen LogP contribution >= 0.6 is 12.4 Å². The minimum absolute atomic E-state index is 0. The topological polar surface area (TPSA) is 116 Å². The van der Waals surface area contributed by atoms with Crippen molar-refractivity contribution in [3.63, 3.8) is 0 Å². The molecule has 9 heteroatoms. The van der Waals surface area contributed by atoms with E-state index < -0.39 is 5.41 Å². The van der Waals surface area contributed by atoms with Crippen LogP contribution in [0.4, 0.5) is 11.5 Å². The normalized spacial score (nSPS) is 17.6. The molecule has 5 rings (SSSR count). The zero-order valence-corrected chi connectivity index (χ0v) is 21.7. The number of anilines is 2. The monoisotopic (exact) mass is 522 g/mol. The van der Waals surface area contributed by atoms with Gasteiger partial charge in [-0.25, -0.2) is 0 Å². The summed E-state index contributed by atoms with van der Waals surface area (Å²) < 4.78 is 0. The van der Waals surface area contributed by atoms with Gasteiger partial charge in [0.2, 0.25) is 5.91 Å². The number of nitrogens with two attached hydrogens (primary N) is 1. The molecule has 1 aromatic heterocycles. The van der Waals surface area contributed by atoms with Crippen molar-refractivity contribution in [1.82, 2.24) is 20.8 Å². The highest BCUT2D eigenvalue weighted by atomic mass is 35.5. The Balaban J connectivity index is 0.00000320. The number of hydrogen-bond donors (Lipinski definition) is 4. The van der Waals surface area contributed by atoms with E-state index in [1.807, 2.05) is 36.4 Å². The largest absolute Gasteiger partial charge is 0.507 e. The average Bonchev–Trinajstić information content (AvgIpc) is 2.93. The fourth-order valence-corrected chi connectivity index (χ4v) is 5.49. The first-order chi connectivity index (χ1) is 17.6. The Morgan fingerprint density at radius 3 is 2.43 bits per heavy atom. The van der Waals surface area contributed by atoms with Crippen LogP contribution in [0.15, 0.2) is 60.7 Å². The quantitative estimate of drug-likeness (QED) is 0.391. The molecule has 0 bridgehead atoms. The molecule has 8 nitrogen and oxygen atoms in total. The Morgan fingerprint density at radius 1 is 1.05 bits per heavy atom. The number of rotatable bonds is 6. The van der Waals surface area contributed by atoms with Crippen molar-refractivity contribution in [1.29, 1.82) is 0 Å². The van der Waals surface area contributed by atoms with Gasteiger partial charge in [0.1, 0.15) is 5.75 Å². The first kappa shape index (κ1) is 26.7. The summed E-state index contributed by atoms with van der Waals surface area (Å²) in [6.45, 7) is 4.08. The minimum atomic E-state index is -0.583. The van der Waals surface area contributed by atoms with Gasteiger partial charge < -0.3 is 26.4 Å². The SMILES string of the molecule is Cl.Nc1nnc(-c2ccccc2O)cc1N1CCC(C(=O)NCC2CCNCC2)(c2ccccc2)CC1. The molecule has 2 aromatic carbocycles. The molecule has 2 fully saturated rings. The Morgan fingerprint density at radius 2 is 1.73 bits per heavy atom. The van der Waals surface area contributed by atoms with Crippen LogP contribution in [0.25, 0.3) is 11.3 Å². The summed E-state index contributed by atoms with van der Waals surface area (Å²) in [7, 11) is 0. The summed E-state index contributed by atoms with van der Waals surface area (Å²) in [5.41, 5.74) is 8.67. The summed E-state index contributed by atoms with van der Waals surface area (Å²) in [5, 5.41) is 25.3. The zero-order valence-electron chi connectivity index (χ0n) is 20.9. The van der Waals surface area contributed by atoms with Crippen LogP contribution in [0.5, 0.6) is 5.75 Å². The van der Waals surface area contributed by atoms with Crippen LogP contribution in [0, 0.1) is 5.92 Å². The van der Waals surface area contributed by atoms with Gasteiger partial charge in [0.25, 0.3) is 0 Å². The molecular weight excluding hydrogens is 488 g/mol. The molecule has 2 aliphatic heterocycles. The van der Waals surface area contributed by atoms with E-state index in [0.717, 1.165) is 43.7 Å². The van der Waals surface area contributed by atoms with E-state index >= 15 is 0 Å². The molecular formula is C28H35ClN6O2. The number of para-hydroxylation sites is 1. The standard InChI is InChI=1S/C28H34N6O2.ClH/c29-26-24(18-23(32-33-26)22-8-4-5-9-25(22)35)34-16-12-28(13-17-34,21-6-2-1-3-7-21)27(36)31-19-20-10-14-30-15-11-20;/h1-9,18,20,30,35H,10-17,19H2,(H2,29,33)(H,31,36);1H. The third-order valence-electron chi connectivity index (χ3n) is 7.71. The second kappa shape index (κ2) is 11.8. The summed E-state index contributed by atoms with van der Waals surface area (Å²) >= 11 is 0. The van der Waals surface area contributed by atoms with Gasteiger partial charge >= 0.3 is 0 Å². The highest BCUT2D eigenvalue weighted by Crippen LogP contribution is 2.39. The summed E-state index contributed by atoms with van der Waals surface area (Å²) in [6.07, 6.45) is 3.53. The Hall–Kier alpha value is -3.36. The molecule has 37 heavy (non-hydrogen) atoms. The van der Waals surface area contributed by atoms with Crippen LogP contribution in [0.2, 0.25) is 0 Å². The Bertz CT molecular complexity index is 1190. The van der Waals surface area contributed by atoms with E-state index in [9.17, 15) is 9.90 Å². The smallest absolute Gasteiger partial charge is 0.230 e. The van der Waals surface area contributed by atoms with Gasteiger partial charge in [-0.2, -0.15) is 0 Å². The Labute approximate surface area is 224 Å². The summed E-state index contributed by atoms with van der Waals surface area (Å²) in [5.74, 6) is 1.13. The van der Waals surface area contributed by atoms with E-state index in [-0.39, 0.29) is 24.1 Å². The lowest BCUT2D eigenvalue weighted by Crippen LogP contribution is -2.53. The molecule has 0 spiro atoms. The predicted molar refractivity (Wildman–Crippen MR) is 149 cm³/mol. The number of nitrogens with zero attached hydrogens (tertiary/aromatic N) is 3. The summed E-state index contributed by atoms with van der Waals surface area (Å²) in [4.78, 5) is 15.9. The maximum absolute atomic E-state index is 13.7. The highest BCUT2D eigenvalue weighted by Gasteiger charge is 2.43. The number of piperidine rings is 2. The van der Waals surface area contributed by atoms with Gasteiger partial charge in [-0.1, -0.05) is 42.5 Å². The van der Waals surface area contributed by atoms with Crippen molar-refractivity contribution in [2.45, 2.75) is 31.1 Å². The van der Waals surface area contributed by atoms with E-state index in [2.05, 4.69) is 37.9 Å². The molecule has 5 N–H and O–H groups in total. The van der Waals surface area contributed by atoms with Gasteiger partial charge in [0.15, 0.2) is 5.82 Å². The fraction of sp³-hybridized carbons (Fsp3) is 0.393. The van der Waals surface area contributed by atoms with Crippen molar-refractivity contribution in [3.05, 3.63) is 66.2 Å². The number of nitrogens with one attached hydrogen (secondary N) is 2. The lowest BCUT2D eigenvalue weighted by atomic mass is 9.71.